The molecule has 0 radical (unpaired) electrons. The zero-order valence-corrected chi connectivity index (χ0v) is 7.34. The first-order valence-corrected chi connectivity index (χ1v) is 4.77. The van der Waals surface area contributed by atoms with E-state index in [0.29, 0.717) is 11.3 Å². The highest BCUT2D eigenvalue weighted by atomic mass is 32.2. The van der Waals surface area contributed by atoms with E-state index in [1.54, 1.807) is 24.3 Å². The molecular weight excluding hydrogens is 176 g/mol. The van der Waals surface area contributed by atoms with Gasteiger partial charge in [0.15, 0.2) is 0 Å². The lowest BCUT2D eigenvalue weighted by atomic mass is 10.2. The molecule has 0 aromatic heterocycles. The number of aldehydes is 1. The predicted octanol–water partition coefficient (Wildman–Crippen LogP) is 1.17. The molecule has 12 heavy (non-hydrogen) atoms. The van der Waals surface area contributed by atoms with Crippen molar-refractivity contribution in [3.05, 3.63) is 29.8 Å². The summed E-state index contributed by atoms with van der Waals surface area (Å²) in [4.78, 5) is 10.2. The number of carbonyl (C=O) groups is 1. The van der Waals surface area contributed by atoms with Crippen LogP contribution in [0, 0.1) is 0 Å². The second-order valence-corrected chi connectivity index (χ2v) is 3.14. The largest absolute Gasteiger partial charge is 0.401 e. The fourth-order valence-corrected chi connectivity index (χ4v) is 1.12. The fourth-order valence-electron chi connectivity index (χ4n) is 0.737. The maximum Gasteiger partial charge on any atom is 0.203 e. The predicted molar refractivity (Wildman–Crippen MR) is 46.5 cm³/mol. The normalized spacial score (nSPS) is 12.1. The third-order valence-corrected chi connectivity index (χ3v) is 1.66. The quantitative estimate of drug-likeness (QED) is 0.662. The van der Waals surface area contributed by atoms with Gasteiger partial charge in [0.1, 0.15) is 12.0 Å². The fraction of sp³-hybridized carbons (Fsp3) is 0.125. The van der Waals surface area contributed by atoms with Gasteiger partial charge < -0.3 is 4.18 Å². The molecule has 1 atom stereocenters. The molecule has 1 rings (SSSR count). The zero-order chi connectivity index (χ0) is 8.97. The van der Waals surface area contributed by atoms with Gasteiger partial charge in [0, 0.05) is 11.8 Å². The Labute approximate surface area is 73.0 Å². The third kappa shape index (κ3) is 2.47. The highest BCUT2D eigenvalue weighted by Crippen LogP contribution is 2.11. The SMILES string of the molecule is CS(=O)Oc1ccc(C=O)cc1. The average molecular weight is 184 g/mol. The van der Waals surface area contributed by atoms with E-state index in [1.807, 2.05) is 0 Å². The Balaban J connectivity index is 2.77. The van der Waals surface area contributed by atoms with Crippen molar-refractivity contribution in [2.75, 3.05) is 6.26 Å². The smallest absolute Gasteiger partial charge is 0.203 e. The Morgan fingerprint density at radius 3 is 2.33 bits per heavy atom. The van der Waals surface area contributed by atoms with Gasteiger partial charge in [-0.15, -0.1) is 0 Å². The van der Waals surface area contributed by atoms with Crippen LogP contribution in [0.1, 0.15) is 10.4 Å². The molecule has 4 heteroatoms. The van der Waals surface area contributed by atoms with Crippen molar-refractivity contribution >= 4 is 17.4 Å². The maximum atomic E-state index is 10.6. The van der Waals surface area contributed by atoms with E-state index in [1.165, 1.54) is 6.26 Å². The number of rotatable bonds is 3. The lowest BCUT2D eigenvalue weighted by molar-refractivity contribution is 0.112. The van der Waals surface area contributed by atoms with Crippen molar-refractivity contribution in [3.63, 3.8) is 0 Å². The molecule has 0 bridgehead atoms. The molecule has 0 spiro atoms. The monoisotopic (exact) mass is 184 g/mol. The summed E-state index contributed by atoms with van der Waals surface area (Å²) in [6.07, 6.45) is 2.18. The molecule has 1 aromatic rings. The molecule has 0 N–H and O–H groups in total. The minimum absolute atomic E-state index is 0.501. The van der Waals surface area contributed by atoms with Crippen LogP contribution in [0.5, 0.6) is 5.75 Å². The van der Waals surface area contributed by atoms with Crippen molar-refractivity contribution < 1.29 is 13.2 Å². The van der Waals surface area contributed by atoms with E-state index >= 15 is 0 Å². The van der Waals surface area contributed by atoms with Gasteiger partial charge in [0.2, 0.25) is 11.1 Å². The molecule has 0 heterocycles. The Hall–Kier alpha value is -1.16. The van der Waals surface area contributed by atoms with E-state index in [4.69, 9.17) is 4.18 Å². The highest BCUT2D eigenvalue weighted by Gasteiger charge is 1.95. The topological polar surface area (TPSA) is 43.4 Å². The van der Waals surface area contributed by atoms with Gasteiger partial charge >= 0.3 is 0 Å². The summed E-state index contributed by atoms with van der Waals surface area (Å²) < 4.78 is 15.5. The molecule has 0 fully saturated rings. The molecule has 64 valence electrons. The maximum absolute atomic E-state index is 10.6. The average Bonchev–Trinajstić information content (AvgIpc) is 2.05. The molecular formula is C8H8O3S. The summed E-state index contributed by atoms with van der Waals surface area (Å²) in [5.41, 5.74) is 0.573. The minimum Gasteiger partial charge on any atom is -0.401 e. The molecule has 1 aromatic carbocycles. The molecule has 0 aliphatic heterocycles. The number of hydrogen-bond acceptors (Lipinski definition) is 3. The minimum atomic E-state index is -1.31. The van der Waals surface area contributed by atoms with Crippen LogP contribution in [0.4, 0.5) is 0 Å². The Morgan fingerprint density at radius 2 is 1.92 bits per heavy atom. The number of benzene rings is 1. The molecule has 0 aliphatic carbocycles. The van der Waals surface area contributed by atoms with Gasteiger partial charge in [-0.1, -0.05) is 0 Å². The van der Waals surface area contributed by atoms with Crippen molar-refractivity contribution in [2.24, 2.45) is 0 Å². The lowest BCUT2D eigenvalue weighted by Crippen LogP contribution is -1.96. The molecule has 3 nitrogen and oxygen atoms in total. The number of carbonyl (C=O) groups excluding carboxylic acids is 1. The molecule has 0 saturated carbocycles. The Bertz CT molecular complexity index is 292. The van der Waals surface area contributed by atoms with Gasteiger partial charge in [0.05, 0.1) is 0 Å². The van der Waals surface area contributed by atoms with E-state index in [-0.39, 0.29) is 0 Å². The van der Waals surface area contributed by atoms with Crippen LogP contribution >= 0.6 is 0 Å². The van der Waals surface area contributed by atoms with Crippen LogP contribution in [0.25, 0.3) is 0 Å². The van der Waals surface area contributed by atoms with E-state index in [9.17, 15) is 9.00 Å². The molecule has 0 aliphatic rings. The van der Waals surface area contributed by atoms with Gasteiger partial charge in [-0.05, 0) is 24.3 Å². The summed E-state index contributed by atoms with van der Waals surface area (Å²) in [5.74, 6) is 0.501. The summed E-state index contributed by atoms with van der Waals surface area (Å²) in [6, 6.07) is 6.42. The standard InChI is InChI=1S/C8H8O3S/c1-12(10)11-8-4-2-7(6-9)3-5-8/h2-6H,1H3. The van der Waals surface area contributed by atoms with Crippen molar-refractivity contribution in [1.82, 2.24) is 0 Å². The van der Waals surface area contributed by atoms with Crippen molar-refractivity contribution in [1.29, 1.82) is 0 Å². The second kappa shape index (κ2) is 4.01. The van der Waals surface area contributed by atoms with E-state index in [2.05, 4.69) is 0 Å². The highest BCUT2D eigenvalue weighted by molar-refractivity contribution is 7.79. The molecule has 1 unspecified atom stereocenters. The van der Waals surface area contributed by atoms with Crippen molar-refractivity contribution in [3.8, 4) is 5.75 Å². The van der Waals surface area contributed by atoms with Crippen LogP contribution in [0.3, 0.4) is 0 Å². The van der Waals surface area contributed by atoms with Crippen LogP contribution in [0.15, 0.2) is 24.3 Å². The van der Waals surface area contributed by atoms with Gasteiger partial charge in [-0.25, -0.2) is 4.21 Å². The van der Waals surface area contributed by atoms with Gasteiger partial charge in [-0.3, -0.25) is 4.79 Å². The summed E-state index contributed by atoms with van der Waals surface area (Å²) in [5, 5.41) is 0. The first-order valence-electron chi connectivity index (χ1n) is 3.29. The summed E-state index contributed by atoms with van der Waals surface area (Å²) in [7, 11) is 0. The lowest BCUT2D eigenvalue weighted by Gasteiger charge is -1.99. The van der Waals surface area contributed by atoms with Crippen LogP contribution in [-0.4, -0.2) is 16.8 Å². The molecule has 0 saturated heterocycles. The van der Waals surface area contributed by atoms with E-state index < -0.39 is 11.1 Å². The zero-order valence-electron chi connectivity index (χ0n) is 6.52. The second-order valence-electron chi connectivity index (χ2n) is 2.17. The first-order chi connectivity index (χ1) is 5.72. The summed E-state index contributed by atoms with van der Waals surface area (Å²) >= 11 is -1.31. The number of hydrogen-bond donors (Lipinski definition) is 0. The summed E-state index contributed by atoms with van der Waals surface area (Å²) in [6.45, 7) is 0. The molecule has 0 amide bonds. The Morgan fingerprint density at radius 1 is 1.33 bits per heavy atom. The van der Waals surface area contributed by atoms with Crippen LogP contribution in [0.2, 0.25) is 0 Å². The van der Waals surface area contributed by atoms with Crippen molar-refractivity contribution in [2.45, 2.75) is 0 Å². The van der Waals surface area contributed by atoms with E-state index in [0.717, 1.165) is 6.29 Å². The Kier molecular flexibility index (Phi) is 2.99. The van der Waals surface area contributed by atoms with Crippen LogP contribution < -0.4 is 4.18 Å². The first kappa shape index (κ1) is 8.93. The van der Waals surface area contributed by atoms with Gasteiger partial charge in [-0.2, -0.15) is 0 Å². The van der Waals surface area contributed by atoms with Gasteiger partial charge in [0.25, 0.3) is 0 Å². The van der Waals surface area contributed by atoms with Crippen LogP contribution in [-0.2, 0) is 11.1 Å². The third-order valence-electron chi connectivity index (χ3n) is 1.23.